The van der Waals surface area contributed by atoms with Crippen LogP contribution in [-0.4, -0.2) is 8.42 Å². The molecule has 0 aliphatic carbocycles. The summed E-state index contributed by atoms with van der Waals surface area (Å²) in [4.78, 5) is -0.437. The topological polar surface area (TPSA) is 72.2 Å². The van der Waals surface area contributed by atoms with Crippen molar-refractivity contribution < 1.29 is 12.8 Å². The van der Waals surface area contributed by atoms with Crippen molar-refractivity contribution in [1.82, 2.24) is 4.72 Å². The summed E-state index contributed by atoms with van der Waals surface area (Å²) in [5.41, 5.74) is 7.68. The fourth-order valence-electron chi connectivity index (χ4n) is 1.87. The van der Waals surface area contributed by atoms with Gasteiger partial charge < -0.3 is 5.73 Å². The third-order valence-corrected chi connectivity index (χ3v) is 4.56. The molecule has 0 saturated heterocycles. The number of nitrogens with two attached hydrogens (primary N) is 1. The van der Waals surface area contributed by atoms with E-state index in [0.717, 1.165) is 24.1 Å². The van der Waals surface area contributed by atoms with Gasteiger partial charge >= 0.3 is 0 Å². The number of hydrogen-bond donors (Lipinski definition) is 2. The number of hydrogen-bond acceptors (Lipinski definition) is 3. The normalized spacial score (nSPS) is 11.5. The molecule has 0 aromatic heterocycles. The van der Waals surface area contributed by atoms with E-state index in [0.29, 0.717) is 0 Å². The molecule has 0 spiro atoms. The minimum absolute atomic E-state index is 0.0978. The van der Waals surface area contributed by atoms with Gasteiger partial charge in [-0.1, -0.05) is 31.2 Å². The highest BCUT2D eigenvalue weighted by Gasteiger charge is 2.18. The molecule has 2 aromatic carbocycles. The van der Waals surface area contributed by atoms with E-state index < -0.39 is 20.7 Å². The molecule has 4 nitrogen and oxygen atoms in total. The summed E-state index contributed by atoms with van der Waals surface area (Å²) in [5.74, 6) is -0.821. The molecule has 0 atom stereocenters. The van der Waals surface area contributed by atoms with Crippen LogP contribution in [0.3, 0.4) is 0 Å². The number of anilines is 1. The van der Waals surface area contributed by atoms with Crippen molar-refractivity contribution in [3.63, 3.8) is 0 Å². The minimum Gasteiger partial charge on any atom is -0.399 e. The molecule has 3 N–H and O–H groups in total. The molecule has 0 heterocycles. The van der Waals surface area contributed by atoms with Crippen molar-refractivity contribution in [3.8, 4) is 0 Å². The highest BCUT2D eigenvalue weighted by molar-refractivity contribution is 7.89. The van der Waals surface area contributed by atoms with Gasteiger partial charge in [0.05, 0.1) is 0 Å². The zero-order chi connectivity index (χ0) is 15.5. The summed E-state index contributed by atoms with van der Waals surface area (Å²) in [5, 5.41) is 0. The van der Waals surface area contributed by atoms with Crippen LogP contribution in [0.1, 0.15) is 18.1 Å². The second kappa shape index (κ2) is 6.24. The Bertz CT molecular complexity index is 728. The van der Waals surface area contributed by atoms with E-state index in [4.69, 9.17) is 5.73 Å². The van der Waals surface area contributed by atoms with Crippen molar-refractivity contribution in [3.05, 3.63) is 59.4 Å². The van der Waals surface area contributed by atoms with E-state index in [2.05, 4.69) is 4.72 Å². The van der Waals surface area contributed by atoms with Crippen LogP contribution in [0.15, 0.2) is 47.4 Å². The number of rotatable bonds is 5. The van der Waals surface area contributed by atoms with Crippen molar-refractivity contribution in [2.75, 3.05) is 5.73 Å². The summed E-state index contributed by atoms with van der Waals surface area (Å²) in [7, 11) is -3.93. The summed E-state index contributed by atoms with van der Waals surface area (Å²) in [6.07, 6.45) is 0.917. The molecule has 0 aliphatic heterocycles. The van der Waals surface area contributed by atoms with Crippen LogP contribution in [0.2, 0.25) is 0 Å². The molecule has 6 heteroatoms. The second-order valence-corrected chi connectivity index (χ2v) is 6.42. The Balaban J connectivity index is 2.15. The maximum Gasteiger partial charge on any atom is 0.243 e. The van der Waals surface area contributed by atoms with Gasteiger partial charge in [-0.25, -0.2) is 17.5 Å². The van der Waals surface area contributed by atoms with Crippen molar-refractivity contribution in [2.45, 2.75) is 24.8 Å². The second-order valence-electron chi connectivity index (χ2n) is 4.68. The number of halogens is 1. The fourth-order valence-corrected chi connectivity index (χ4v) is 3.00. The maximum absolute atomic E-state index is 13.6. The van der Waals surface area contributed by atoms with Crippen molar-refractivity contribution in [2.24, 2.45) is 0 Å². The van der Waals surface area contributed by atoms with E-state index in [1.165, 1.54) is 11.6 Å². The quantitative estimate of drug-likeness (QED) is 0.833. The Morgan fingerprint density at radius 1 is 1.10 bits per heavy atom. The maximum atomic E-state index is 13.6. The van der Waals surface area contributed by atoms with Crippen LogP contribution >= 0.6 is 0 Å². The Labute approximate surface area is 123 Å². The van der Waals surface area contributed by atoms with Crippen LogP contribution in [0.4, 0.5) is 10.1 Å². The Morgan fingerprint density at radius 3 is 2.33 bits per heavy atom. The molecule has 0 aliphatic rings. The molecule has 2 aromatic rings. The van der Waals surface area contributed by atoms with Gasteiger partial charge in [0, 0.05) is 12.2 Å². The lowest BCUT2D eigenvalue weighted by molar-refractivity contribution is 0.557. The lowest BCUT2D eigenvalue weighted by Gasteiger charge is -2.09. The smallest absolute Gasteiger partial charge is 0.243 e. The van der Waals surface area contributed by atoms with Crippen LogP contribution < -0.4 is 10.5 Å². The number of nitrogen functional groups attached to an aromatic ring is 1. The third-order valence-electron chi connectivity index (χ3n) is 3.14. The first-order valence-electron chi connectivity index (χ1n) is 6.55. The van der Waals surface area contributed by atoms with Gasteiger partial charge in [0.15, 0.2) is 0 Å². The van der Waals surface area contributed by atoms with Crippen LogP contribution in [0.25, 0.3) is 0 Å². The highest BCUT2D eigenvalue weighted by Crippen LogP contribution is 2.18. The van der Waals surface area contributed by atoms with Gasteiger partial charge in [0.1, 0.15) is 10.7 Å². The zero-order valence-electron chi connectivity index (χ0n) is 11.6. The number of aryl methyl sites for hydroxylation is 1. The predicted molar refractivity (Wildman–Crippen MR) is 80.7 cm³/mol. The van der Waals surface area contributed by atoms with E-state index in [1.807, 2.05) is 31.2 Å². The molecule has 2 rings (SSSR count). The minimum atomic E-state index is -3.93. The molecule has 0 saturated carbocycles. The SMILES string of the molecule is CCc1ccc(CNS(=O)(=O)c2cc(N)ccc2F)cc1. The average Bonchev–Trinajstić information content (AvgIpc) is 2.48. The average molecular weight is 308 g/mol. The van der Waals surface area contributed by atoms with Crippen LogP contribution in [0.5, 0.6) is 0 Å². The molecule has 0 fully saturated rings. The van der Waals surface area contributed by atoms with E-state index in [-0.39, 0.29) is 12.2 Å². The lowest BCUT2D eigenvalue weighted by Crippen LogP contribution is -2.24. The molecule has 0 unspecified atom stereocenters. The standard InChI is InChI=1S/C15H17FN2O2S/c1-2-11-3-5-12(6-4-11)10-18-21(19,20)15-9-13(17)7-8-14(15)16/h3-9,18H,2,10,17H2,1H3. The van der Waals surface area contributed by atoms with E-state index in [9.17, 15) is 12.8 Å². The first-order valence-corrected chi connectivity index (χ1v) is 8.03. The first kappa shape index (κ1) is 15.5. The lowest BCUT2D eigenvalue weighted by atomic mass is 10.1. The Hall–Kier alpha value is -1.92. The number of sulfonamides is 1. The van der Waals surface area contributed by atoms with E-state index in [1.54, 1.807) is 0 Å². The van der Waals surface area contributed by atoms with Gasteiger partial charge in [0.2, 0.25) is 10.0 Å². The molecular weight excluding hydrogens is 291 g/mol. The molecule has 21 heavy (non-hydrogen) atoms. The van der Waals surface area contributed by atoms with Crippen LogP contribution in [0, 0.1) is 5.82 Å². The summed E-state index contributed by atoms with van der Waals surface area (Å²) >= 11 is 0. The predicted octanol–water partition coefficient (Wildman–Crippen LogP) is 2.45. The Kier molecular flexibility index (Phi) is 4.59. The van der Waals surface area contributed by atoms with Crippen molar-refractivity contribution >= 4 is 15.7 Å². The summed E-state index contributed by atoms with van der Waals surface area (Å²) in [6, 6.07) is 11.0. The molecule has 0 bridgehead atoms. The molecule has 0 radical (unpaired) electrons. The molecule has 0 amide bonds. The van der Waals surface area contributed by atoms with Crippen LogP contribution in [-0.2, 0) is 23.0 Å². The van der Waals surface area contributed by atoms with Gasteiger partial charge in [-0.15, -0.1) is 0 Å². The zero-order valence-corrected chi connectivity index (χ0v) is 12.5. The van der Waals surface area contributed by atoms with E-state index >= 15 is 0 Å². The largest absolute Gasteiger partial charge is 0.399 e. The summed E-state index contributed by atoms with van der Waals surface area (Å²) in [6.45, 7) is 2.14. The molecule has 112 valence electrons. The monoisotopic (exact) mass is 308 g/mol. The van der Waals surface area contributed by atoms with Gasteiger partial charge in [-0.05, 0) is 35.7 Å². The van der Waals surface area contributed by atoms with Gasteiger partial charge in [-0.3, -0.25) is 0 Å². The van der Waals surface area contributed by atoms with Crippen molar-refractivity contribution in [1.29, 1.82) is 0 Å². The van der Waals surface area contributed by atoms with Gasteiger partial charge in [0.25, 0.3) is 0 Å². The number of benzene rings is 2. The summed E-state index contributed by atoms with van der Waals surface area (Å²) < 4.78 is 40.2. The Morgan fingerprint density at radius 2 is 1.71 bits per heavy atom. The van der Waals surface area contributed by atoms with Gasteiger partial charge in [-0.2, -0.15) is 0 Å². The fraction of sp³-hybridized carbons (Fsp3) is 0.200. The molecular formula is C15H17FN2O2S. The highest BCUT2D eigenvalue weighted by atomic mass is 32.2. The number of nitrogens with one attached hydrogen (secondary N) is 1. The third kappa shape index (κ3) is 3.80. The first-order chi connectivity index (χ1) is 9.92.